The summed E-state index contributed by atoms with van der Waals surface area (Å²) in [5.41, 5.74) is -0.0325. The second-order valence-corrected chi connectivity index (χ2v) is 4.01. The van der Waals surface area contributed by atoms with E-state index in [1.54, 1.807) is 6.20 Å². The van der Waals surface area contributed by atoms with E-state index in [2.05, 4.69) is 5.10 Å². The Kier molecular flexibility index (Phi) is 2.54. The summed E-state index contributed by atoms with van der Waals surface area (Å²) in [5.74, 6) is 0.839. The molecular weight excluding hydrogens is 196 g/mol. The maximum absolute atomic E-state index is 11.8. The van der Waals surface area contributed by atoms with E-state index in [9.17, 15) is 4.79 Å². The van der Waals surface area contributed by atoms with Gasteiger partial charge in [0.25, 0.3) is 5.56 Å². The monoisotopic (exact) mass is 206 g/mol. The minimum atomic E-state index is -0.0325. The molecule has 0 N–H and O–H groups in total. The third-order valence-corrected chi connectivity index (χ3v) is 2.68. The van der Waals surface area contributed by atoms with Gasteiger partial charge in [-0.1, -0.05) is 25.1 Å². The highest BCUT2D eigenvalue weighted by Gasteiger charge is 2.01. The van der Waals surface area contributed by atoms with Crippen molar-refractivity contribution in [3.8, 4) is 0 Å². The Morgan fingerprint density at radius 3 is 3.00 bits per heavy atom. The van der Waals surface area contributed by atoms with E-state index in [4.69, 9.17) is 0 Å². The summed E-state index contributed by atoms with van der Waals surface area (Å²) in [6.07, 6.45) is 1.72. The van der Waals surface area contributed by atoms with Crippen LogP contribution in [0.15, 0.2) is 35.3 Å². The molecule has 14 heavy (non-hydrogen) atoms. The van der Waals surface area contributed by atoms with Crippen molar-refractivity contribution >= 4 is 22.7 Å². The summed E-state index contributed by atoms with van der Waals surface area (Å²) >= 11 is 1.41. The Balaban J connectivity index is 2.69. The van der Waals surface area contributed by atoms with Crippen LogP contribution in [0, 0.1) is 0 Å². The van der Waals surface area contributed by atoms with Crippen LogP contribution in [-0.2, 0) is 0 Å². The van der Waals surface area contributed by atoms with Gasteiger partial charge in [-0.25, -0.2) is 0 Å². The number of rotatable bonds is 2. The lowest BCUT2D eigenvalue weighted by molar-refractivity contribution is 0.935. The molecule has 0 bridgehead atoms. The van der Waals surface area contributed by atoms with Crippen molar-refractivity contribution in [3.05, 3.63) is 40.8 Å². The van der Waals surface area contributed by atoms with Crippen LogP contribution in [0.4, 0.5) is 0 Å². The smallest absolute Gasteiger partial charge is 0.266 e. The van der Waals surface area contributed by atoms with Crippen LogP contribution in [0.3, 0.4) is 0 Å². The molecule has 1 aromatic heterocycles. The summed E-state index contributed by atoms with van der Waals surface area (Å²) < 4.78 is 1.43. The minimum absolute atomic E-state index is 0.0325. The molecule has 0 saturated carbocycles. The average molecular weight is 206 g/mol. The molecule has 72 valence electrons. The van der Waals surface area contributed by atoms with Crippen molar-refractivity contribution in [2.75, 3.05) is 5.75 Å². The van der Waals surface area contributed by atoms with E-state index in [-0.39, 0.29) is 5.56 Å². The van der Waals surface area contributed by atoms with Crippen LogP contribution in [-0.4, -0.2) is 14.9 Å². The molecule has 1 heterocycles. The van der Waals surface area contributed by atoms with Gasteiger partial charge in [0.1, 0.15) is 0 Å². The lowest BCUT2D eigenvalue weighted by atomic mass is 10.2. The van der Waals surface area contributed by atoms with Crippen molar-refractivity contribution in [2.45, 2.75) is 6.92 Å². The van der Waals surface area contributed by atoms with Crippen molar-refractivity contribution in [3.63, 3.8) is 0 Å². The van der Waals surface area contributed by atoms with Gasteiger partial charge in [-0.15, -0.1) is 0 Å². The number of hydrogen-bond donors (Lipinski definition) is 0. The highest BCUT2D eigenvalue weighted by atomic mass is 32.2. The summed E-state index contributed by atoms with van der Waals surface area (Å²) in [4.78, 5) is 11.8. The van der Waals surface area contributed by atoms with Crippen molar-refractivity contribution < 1.29 is 0 Å². The molecule has 1 aromatic carbocycles. The lowest BCUT2D eigenvalue weighted by Crippen LogP contribution is -2.17. The van der Waals surface area contributed by atoms with Crippen LogP contribution in [0.25, 0.3) is 10.8 Å². The zero-order valence-corrected chi connectivity index (χ0v) is 8.62. The number of fused-ring (bicyclic) bond motifs is 1. The van der Waals surface area contributed by atoms with Gasteiger partial charge < -0.3 is 0 Å². The molecule has 0 amide bonds. The van der Waals surface area contributed by atoms with E-state index in [1.807, 2.05) is 31.2 Å². The van der Waals surface area contributed by atoms with Gasteiger partial charge in [-0.05, 0) is 18.0 Å². The first kappa shape index (κ1) is 9.27. The molecule has 0 saturated heterocycles. The minimum Gasteiger partial charge on any atom is -0.266 e. The van der Waals surface area contributed by atoms with Crippen LogP contribution < -0.4 is 5.56 Å². The largest absolute Gasteiger partial charge is 0.285 e. The van der Waals surface area contributed by atoms with Gasteiger partial charge in [0.2, 0.25) is 0 Å². The molecule has 0 aliphatic carbocycles. The van der Waals surface area contributed by atoms with Crippen LogP contribution in [0.1, 0.15) is 6.92 Å². The molecule has 0 spiro atoms. The molecular formula is C10H10N2OS. The SMILES string of the molecule is CCSn1ncc2ccccc2c1=O. The zero-order chi connectivity index (χ0) is 9.97. The Labute approximate surface area is 85.9 Å². The average Bonchev–Trinajstić information content (AvgIpc) is 2.23. The van der Waals surface area contributed by atoms with E-state index in [0.29, 0.717) is 0 Å². The lowest BCUT2D eigenvalue weighted by Gasteiger charge is -2.01. The first-order chi connectivity index (χ1) is 6.83. The first-order valence-corrected chi connectivity index (χ1v) is 5.37. The normalized spacial score (nSPS) is 10.6. The van der Waals surface area contributed by atoms with Crippen molar-refractivity contribution in [1.29, 1.82) is 0 Å². The second kappa shape index (κ2) is 3.84. The fourth-order valence-electron chi connectivity index (χ4n) is 1.29. The fourth-order valence-corrected chi connectivity index (χ4v) is 1.86. The second-order valence-electron chi connectivity index (χ2n) is 2.83. The predicted octanol–water partition coefficient (Wildman–Crippen LogP) is 1.91. The van der Waals surface area contributed by atoms with Crippen LogP contribution >= 0.6 is 11.9 Å². The zero-order valence-electron chi connectivity index (χ0n) is 7.80. The van der Waals surface area contributed by atoms with E-state index in [1.165, 1.54) is 16.0 Å². The number of benzene rings is 1. The molecule has 0 fully saturated rings. The Morgan fingerprint density at radius 1 is 1.43 bits per heavy atom. The maximum atomic E-state index is 11.8. The molecule has 0 aliphatic heterocycles. The Morgan fingerprint density at radius 2 is 2.21 bits per heavy atom. The van der Waals surface area contributed by atoms with E-state index in [0.717, 1.165) is 16.5 Å². The summed E-state index contributed by atoms with van der Waals surface area (Å²) in [6.45, 7) is 1.99. The quantitative estimate of drug-likeness (QED) is 0.753. The van der Waals surface area contributed by atoms with Gasteiger partial charge in [0.05, 0.1) is 11.6 Å². The third-order valence-electron chi connectivity index (χ3n) is 1.92. The predicted molar refractivity (Wildman–Crippen MR) is 59.5 cm³/mol. The highest BCUT2D eigenvalue weighted by Crippen LogP contribution is 2.08. The van der Waals surface area contributed by atoms with Crippen LogP contribution in [0.5, 0.6) is 0 Å². The fraction of sp³-hybridized carbons (Fsp3) is 0.200. The topological polar surface area (TPSA) is 34.9 Å². The number of aromatic nitrogens is 2. The molecule has 3 nitrogen and oxygen atoms in total. The van der Waals surface area contributed by atoms with E-state index >= 15 is 0 Å². The summed E-state index contributed by atoms with van der Waals surface area (Å²) in [7, 11) is 0. The molecule has 0 aliphatic rings. The van der Waals surface area contributed by atoms with E-state index < -0.39 is 0 Å². The standard InChI is InChI=1S/C10H10N2OS/c1-2-14-12-10(13)9-6-4-3-5-8(9)7-11-12/h3-7H,2H2,1H3. The third kappa shape index (κ3) is 1.53. The maximum Gasteiger partial charge on any atom is 0.285 e. The Bertz CT molecular complexity index is 507. The number of nitrogens with zero attached hydrogens (tertiary/aromatic N) is 2. The van der Waals surface area contributed by atoms with Gasteiger partial charge >= 0.3 is 0 Å². The van der Waals surface area contributed by atoms with Crippen molar-refractivity contribution in [1.82, 2.24) is 9.19 Å². The van der Waals surface area contributed by atoms with Gasteiger partial charge in [0, 0.05) is 11.1 Å². The molecule has 2 aromatic rings. The first-order valence-electron chi connectivity index (χ1n) is 4.43. The number of hydrogen-bond acceptors (Lipinski definition) is 3. The highest BCUT2D eigenvalue weighted by molar-refractivity contribution is 7.97. The molecule has 2 rings (SSSR count). The Hall–Kier alpha value is -1.29. The molecule has 0 radical (unpaired) electrons. The summed E-state index contributed by atoms with van der Waals surface area (Å²) in [5, 5.41) is 5.68. The van der Waals surface area contributed by atoms with Gasteiger partial charge in [-0.2, -0.15) is 9.19 Å². The van der Waals surface area contributed by atoms with Gasteiger partial charge in [0.15, 0.2) is 0 Å². The molecule has 0 unspecified atom stereocenters. The molecule has 0 atom stereocenters. The molecule has 4 heteroatoms. The summed E-state index contributed by atoms with van der Waals surface area (Å²) in [6, 6.07) is 7.49. The van der Waals surface area contributed by atoms with Crippen molar-refractivity contribution in [2.24, 2.45) is 0 Å². The van der Waals surface area contributed by atoms with Crippen LogP contribution in [0.2, 0.25) is 0 Å². The van der Waals surface area contributed by atoms with Gasteiger partial charge in [-0.3, -0.25) is 4.79 Å².